The fourth-order valence-corrected chi connectivity index (χ4v) is 2.43. The number of hydrogen-bond acceptors (Lipinski definition) is 4. The molecule has 0 heterocycles. The second kappa shape index (κ2) is 6.14. The van der Waals surface area contributed by atoms with Crippen LogP contribution in [0.2, 0.25) is 0 Å². The molecule has 1 aromatic rings. The molecule has 1 N–H and O–H groups in total. The SMILES string of the molecule is CCOC(=O)CS(=O)(=O)Nc1ccc(Br)cc1F. The normalized spacial score (nSPS) is 11.1. The number of nitrogens with one attached hydrogen (secondary N) is 1. The van der Waals surface area contributed by atoms with Crippen molar-refractivity contribution in [3.8, 4) is 0 Å². The van der Waals surface area contributed by atoms with Crippen molar-refractivity contribution in [1.82, 2.24) is 0 Å². The predicted molar refractivity (Wildman–Crippen MR) is 68.1 cm³/mol. The molecule has 1 aromatic carbocycles. The molecule has 0 atom stereocenters. The molecule has 8 heteroatoms. The first-order valence-electron chi connectivity index (χ1n) is 4.95. The summed E-state index contributed by atoms with van der Waals surface area (Å²) in [5.41, 5.74) is -0.220. The highest BCUT2D eigenvalue weighted by atomic mass is 79.9. The molecule has 0 unspecified atom stereocenters. The van der Waals surface area contributed by atoms with Gasteiger partial charge in [0.1, 0.15) is 5.82 Å². The van der Waals surface area contributed by atoms with Gasteiger partial charge in [-0.05, 0) is 25.1 Å². The van der Waals surface area contributed by atoms with Crippen LogP contribution in [0.1, 0.15) is 6.92 Å². The van der Waals surface area contributed by atoms with Crippen LogP contribution in [0, 0.1) is 5.82 Å². The molecule has 100 valence electrons. The molecule has 0 saturated carbocycles. The molecule has 5 nitrogen and oxygen atoms in total. The molecule has 0 aliphatic heterocycles. The highest BCUT2D eigenvalue weighted by molar-refractivity contribution is 9.10. The van der Waals surface area contributed by atoms with E-state index in [0.717, 1.165) is 6.07 Å². The Balaban J connectivity index is 2.79. The van der Waals surface area contributed by atoms with Crippen LogP contribution >= 0.6 is 15.9 Å². The molecule has 0 amide bonds. The number of ether oxygens (including phenoxy) is 1. The van der Waals surface area contributed by atoms with Gasteiger partial charge in [0.15, 0.2) is 5.75 Å². The first kappa shape index (κ1) is 14.9. The van der Waals surface area contributed by atoms with Crippen molar-refractivity contribution in [1.29, 1.82) is 0 Å². The van der Waals surface area contributed by atoms with E-state index in [0.29, 0.717) is 4.47 Å². The lowest BCUT2D eigenvalue weighted by Crippen LogP contribution is -2.24. The molecule has 0 fully saturated rings. The first-order chi connectivity index (χ1) is 8.34. The van der Waals surface area contributed by atoms with Gasteiger partial charge in [-0.15, -0.1) is 0 Å². The number of benzene rings is 1. The maximum absolute atomic E-state index is 13.4. The summed E-state index contributed by atoms with van der Waals surface area (Å²) in [5.74, 6) is -2.48. The quantitative estimate of drug-likeness (QED) is 0.831. The van der Waals surface area contributed by atoms with Crippen molar-refractivity contribution in [3.63, 3.8) is 0 Å². The molecular weight excluding hydrogens is 329 g/mol. The van der Waals surface area contributed by atoms with Crippen molar-refractivity contribution in [2.24, 2.45) is 0 Å². The third-order valence-electron chi connectivity index (χ3n) is 1.81. The summed E-state index contributed by atoms with van der Waals surface area (Å²) >= 11 is 3.05. The van der Waals surface area contributed by atoms with Gasteiger partial charge in [0.05, 0.1) is 12.3 Å². The van der Waals surface area contributed by atoms with Crippen LogP contribution in [0.15, 0.2) is 22.7 Å². The lowest BCUT2D eigenvalue weighted by molar-refractivity contribution is -0.139. The van der Waals surface area contributed by atoms with Crippen molar-refractivity contribution in [2.45, 2.75) is 6.92 Å². The van der Waals surface area contributed by atoms with E-state index < -0.39 is 27.6 Å². The third kappa shape index (κ3) is 4.61. The Morgan fingerprint density at radius 2 is 2.17 bits per heavy atom. The van der Waals surface area contributed by atoms with Gasteiger partial charge >= 0.3 is 5.97 Å². The monoisotopic (exact) mass is 339 g/mol. The molecule has 0 bridgehead atoms. The topological polar surface area (TPSA) is 72.5 Å². The summed E-state index contributed by atoms with van der Waals surface area (Å²) in [5, 5.41) is 0. The lowest BCUT2D eigenvalue weighted by atomic mass is 10.3. The molecule has 0 radical (unpaired) electrons. The van der Waals surface area contributed by atoms with Crippen molar-refractivity contribution in [2.75, 3.05) is 17.1 Å². The maximum atomic E-state index is 13.4. The molecule has 0 aromatic heterocycles. The van der Waals surface area contributed by atoms with Gasteiger partial charge in [0.25, 0.3) is 0 Å². The number of esters is 1. The number of rotatable bonds is 5. The van der Waals surface area contributed by atoms with Gasteiger partial charge in [0.2, 0.25) is 10.0 Å². The Hall–Kier alpha value is -1.15. The zero-order valence-electron chi connectivity index (χ0n) is 9.44. The van der Waals surface area contributed by atoms with Gasteiger partial charge < -0.3 is 4.74 Å². The standard InChI is InChI=1S/C10H11BrFNO4S/c1-2-17-10(14)6-18(15,16)13-9-4-3-7(11)5-8(9)12/h3-5,13H,2,6H2,1H3. The second-order valence-electron chi connectivity index (χ2n) is 3.29. The minimum Gasteiger partial charge on any atom is -0.465 e. The number of carbonyl (C=O) groups excluding carboxylic acids is 1. The number of carbonyl (C=O) groups is 1. The molecule has 18 heavy (non-hydrogen) atoms. The summed E-state index contributed by atoms with van der Waals surface area (Å²) in [6.07, 6.45) is 0. The first-order valence-corrected chi connectivity index (χ1v) is 7.39. The summed E-state index contributed by atoms with van der Waals surface area (Å²) in [7, 11) is -3.97. The van der Waals surface area contributed by atoms with Crippen LogP contribution in [0.5, 0.6) is 0 Å². The van der Waals surface area contributed by atoms with E-state index in [1.54, 1.807) is 6.92 Å². The van der Waals surface area contributed by atoms with Gasteiger partial charge in [0, 0.05) is 4.47 Å². The maximum Gasteiger partial charge on any atom is 0.323 e. The largest absolute Gasteiger partial charge is 0.465 e. The lowest BCUT2D eigenvalue weighted by Gasteiger charge is -2.08. The molecule has 0 aliphatic rings. The second-order valence-corrected chi connectivity index (χ2v) is 5.93. The van der Waals surface area contributed by atoms with E-state index in [2.05, 4.69) is 20.7 Å². The van der Waals surface area contributed by atoms with Crippen LogP contribution < -0.4 is 4.72 Å². The Labute approximate surface area is 113 Å². The molecule has 0 saturated heterocycles. The minimum absolute atomic E-state index is 0.0843. The zero-order valence-corrected chi connectivity index (χ0v) is 11.8. The Morgan fingerprint density at radius 1 is 1.50 bits per heavy atom. The number of halogens is 2. The molecule has 0 spiro atoms. The fraction of sp³-hybridized carbons (Fsp3) is 0.300. The van der Waals surface area contributed by atoms with E-state index in [9.17, 15) is 17.6 Å². The van der Waals surface area contributed by atoms with E-state index in [-0.39, 0.29) is 12.3 Å². The van der Waals surface area contributed by atoms with Crippen LogP contribution in [0.25, 0.3) is 0 Å². The highest BCUT2D eigenvalue weighted by Gasteiger charge is 2.18. The average molecular weight is 340 g/mol. The highest BCUT2D eigenvalue weighted by Crippen LogP contribution is 2.20. The van der Waals surface area contributed by atoms with Crippen molar-refractivity contribution >= 4 is 37.6 Å². The van der Waals surface area contributed by atoms with Gasteiger partial charge in [-0.25, -0.2) is 12.8 Å². The van der Waals surface area contributed by atoms with E-state index >= 15 is 0 Å². The van der Waals surface area contributed by atoms with Crippen molar-refractivity contribution < 1.29 is 22.3 Å². The van der Waals surface area contributed by atoms with Gasteiger partial charge in [-0.3, -0.25) is 9.52 Å². The van der Waals surface area contributed by atoms with E-state index in [1.807, 2.05) is 4.72 Å². The molecular formula is C10H11BrFNO4S. The summed E-state index contributed by atoms with van der Waals surface area (Å²) in [6.45, 7) is 1.65. The molecule has 0 aliphatic carbocycles. The number of sulfonamides is 1. The Bertz CT molecular complexity index is 547. The van der Waals surface area contributed by atoms with E-state index in [1.165, 1.54) is 12.1 Å². The summed E-state index contributed by atoms with van der Waals surface area (Å²) in [6, 6.07) is 3.84. The van der Waals surface area contributed by atoms with Gasteiger partial charge in [-0.1, -0.05) is 15.9 Å². The van der Waals surface area contributed by atoms with Crippen LogP contribution in [-0.4, -0.2) is 26.7 Å². The van der Waals surface area contributed by atoms with Crippen LogP contribution in [-0.2, 0) is 19.6 Å². The van der Waals surface area contributed by atoms with Gasteiger partial charge in [-0.2, -0.15) is 0 Å². The third-order valence-corrected chi connectivity index (χ3v) is 3.45. The minimum atomic E-state index is -3.97. The fourth-order valence-electron chi connectivity index (χ4n) is 1.13. The Morgan fingerprint density at radius 3 is 2.72 bits per heavy atom. The predicted octanol–water partition coefficient (Wildman–Crippen LogP) is 1.89. The summed E-state index contributed by atoms with van der Waals surface area (Å²) in [4.78, 5) is 11.0. The van der Waals surface area contributed by atoms with E-state index in [4.69, 9.17) is 0 Å². The van der Waals surface area contributed by atoms with Crippen LogP contribution in [0.3, 0.4) is 0 Å². The molecule has 1 rings (SSSR count). The van der Waals surface area contributed by atoms with Crippen LogP contribution in [0.4, 0.5) is 10.1 Å². The number of anilines is 1. The summed E-state index contributed by atoms with van der Waals surface area (Å²) < 4.78 is 43.4. The number of hydrogen-bond donors (Lipinski definition) is 1. The Kier molecular flexibility index (Phi) is 5.09. The van der Waals surface area contributed by atoms with Crippen molar-refractivity contribution in [3.05, 3.63) is 28.5 Å². The smallest absolute Gasteiger partial charge is 0.323 e. The zero-order chi connectivity index (χ0) is 13.8. The average Bonchev–Trinajstić information content (AvgIpc) is 2.21.